The van der Waals surface area contributed by atoms with Gasteiger partial charge in [-0.1, -0.05) is 17.3 Å². The summed E-state index contributed by atoms with van der Waals surface area (Å²) < 4.78 is 10.6. The van der Waals surface area contributed by atoms with Crippen LogP contribution >= 0.6 is 0 Å². The molecule has 6 aromatic heterocycles. The average Bonchev–Trinajstić information content (AvgIpc) is 3.23. The molecule has 0 saturated heterocycles. The number of aromatic nitrogens is 8. The summed E-state index contributed by atoms with van der Waals surface area (Å²) in [5, 5.41) is 4.15. The Hall–Kier alpha value is -6.58. The van der Waals surface area contributed by atoms with Crippen LogP contribution in [0.1, 0.15) is 88.7 Å². The van der Waals surface area contributed by atoms with E-state index in [1.54, 1.807) is 14.2 Å². The Kier molecular flexibility index (Phi) is 18.4. The molecule has 15 heteroatoms. The maximum absolute atomic E-state index is 10.8. The summed E-state index contributed by atoms with van der Waals surface area (Å²) in [5.41, 5.74) is 11.3. The maximum Gasteiger partial charge on any atom is 0.196 e. The molecule has 6 heterocycles. The molecule has 15 nitrogen and oxygen atoms in total. The molecule has 0 fully saturated rings. The number of carbonyl (C=O) groups excluding carboxylic acids is 1. The number of carbonyl (C=O) groups is 1. The van der Waals surface area contributed by atoms with E-state index in [0.717, 1.165) is 106 Å². The first-order valence-electron chi connectivity index (χ1n) is 19.9. The summed E-state index contributed by atoms with van der Waals surface area (Å²) >= 11 is 0. The number of oxime groups is 1. The van der Waals surface area contributed by atoms with Crippen LogP contribution in [0.15, 0.2) is 78.0 Å². The standard InChI is InChI=1S/C23H27N5O2.C15H19N3O2.C8H10N2O/c1-15-12-16(2)26-23(25-15)18(4)28-30-11-7-9-19-8-6-10-21(27-19)22-14-20(29-5)13-17(3)24-22;1-11-9-13(19-2)10-15(17-11)14-7-3-5-12(18-14)6-4-8-20-16;1-5-4-6(2)10-8(9-5)7(3)11/h6,8,10,12-14H,7,9,11H2,1-5H3;3,5,7,9-10H,4,6,8,16H2,1-2H3;4H,1-3H3/b28-18+;;. The van der Waals surface area contributed by atoms with E-state index in [4.69, 9.17) is 25.2 Å². The molecule has 0 unspecified atom stereocenters. The number of rotatable bonds is 15. The Morgan fingerprint density at radius 2 is 0.967 bits per heavy atom. The van der Waals surface area contributed by atoms with Gasteiger partial charge in [-0.2, -0.15) is 0 Å². The number of ether oxygens (including phenoxy) is 2. The third-order valence-corrected chi connectivity index (χ3v) is 8.63. The molecule has 6 rings (SSSR count). The molecule has 0 aliphatic heterocycles. The first-order valence-corrected chi connectivity index (χ1v) is 19.9. The predicted octanol–water partition coefficient (Wildman–Crippen LogP) is 7.82. The number of Topliss-reactive ketones (excluding diaryl/α,β-unsaturated/α-hetero) is 1. The van der Waals surface area contributed by atoms with Gasteiger partial charge in [0.05, 0.1) is 43.6 Å². The number of aryl methyl sites for hydroxylation is 8. The molecule has 0 aromatic carbocycles. The Bertz CT molecular complexity index is 2370. The molecule has 6 aromatic rings. The summed E-state index contributed by atoms with van der Waals surface area (Å²) in [5.74, 6) is 7.40. The molecular formula is C46H56N10O5. The molecule has 0 amide bonds. The van der Waals surface area contributed by atoms with Crippen molar-refractivity contribution in [2.24, 2.45) is 11.1 Å². The lowest BCUT2D eigenvalue weighted by molar-refractivity contribution is 0.100. The highest BCUT2D eigenvalue weighted by atomic mass is 16.6. The summed E-state index contributed by atoms with van der Waals surface area (Å²) in [7, 11) is 3.30. The normalized spacial score (nSPS) is 10.8. The SMILES string of the molecule is CC(=O)c1nc(C)cc(C)n1.COc1cc(C)nc(-c2cccc(CCCO/N=C(\C)c3nc(C)cc(C)n3)n2)c1.COc1cc(C)nc(-c2cccc(CCCON)n2)c1. The van der Waals surface area contributed by atoms with Gasteiger partial charge in [0.15, 0.2) is 17.4 Å². The minimum atomic E-state index is -0.0863. The Balaban J connectivity index is 0.000000226. The van der Waals surface area contributed by atoms with Gasteiger partial charge >= 0.3 is 0 Å². The van der Waals surface area contributed by atoms with Crippen molar-refractivity contribution in [3.8, 4) is 34.3 Å². The van der Waals surface area contributed by atoms with Crippen LogP contribution < -0.4 is 15.4 Å². The van der Waals surface area contributed by atoms with Gasteiger partial charge in [-0.05, 0) is 111 Å². The molecule has 0 bridgehead atoms. The fourth-order valence-electron chi connectivity index (χ4n) is 5.90. The van der Waals surface area contributed by atoms with Crippen molar-refractivity contribution in [3.63, 3.8) is 0 Å². The second kappa shape index (κ2) is 23.9. The molecule has 2 N–H and O–H groups in total. The first kappa shape index (κ1) is 47.1. The highest BCUT2D eigenvalue weighted by Crippen LogP contribution is 2.23. The monoisotopic (exact) mass is 828 g/mol. The van der Waals surface area contributed by atoms with E-state index in [-0.39, 0.29) is 5.78 Å². The molecule has 0 aliphatic rings. The third-order valence-electron chi connectivity index (χ3n) is 8.63. The quantitative estimate of drug-likeness (QED) is 0.0455. The second-order valence-corrected chi connectivity index (χ2v) is 14.2. The number of ketones is 1. The lowest BCUT2D eigenvalue weighted by atomic mass is 10.1. The van der Waals surface area contributed by atoms with Crippen LogP contribution in [0.3, 0.4) is 0 Å². The van der Waals surface area contributed by atoms with Gasteiger partial charge < -0.3 is 19.1 Å². The van der Waals surface area contributed by atoms with Crippen molar-refractivity contribution in [3.05, 3.63) is 130 Å². The zero-order valence-electron chi connectivity index (χ0n) is 36.8. The van der Waals surface area contributed by atoms with Crippen molar-refractivity contribution in [1.29, 1.82) is 0 Å². The number of pyridine rings is 4. The first-order chi connectivity index (χ1) is 29.3. The molecular weight excluding hydrogens is 773 g/mol. The average molecular weight is 829 g/mol. The minimum Gasteiger partial charge on any atom is -0.497 e. The van der Waals surface area contributed by atoms with Gasteiger partial charge in [0.2, 0.25) is 0 Å². The molecule has 61 heavy (non-hydrogen) atoms. The van der Waals surface area contributed by atoms with Crippen LogP contribution in [0.25, 0.3) is 22.8 Å². The third kappa shape index (κ3) is 15.8. The van der Waals surface area contributed by atoms with Gasteiger partial charge in [-0.3, -0.25) is 24.7 Å². The van der Waals surface area contributed by atoms with E-state index >= 15 is 0 Å². The number of methoxy groups -OCH3 is 2. The molecule has 0 radical (unpaired) electrons. The highest BCUT2D eigenvalue weighted by molar-refractivity contribution is 5.94. The molecule has 0 saturated carbocycles. The molecule has 320 valence electrons. The van der Waals surface area contributed by atoms with Crippen LogP contribution in [0, 0.1) is 41.5 Å². The largest absolute Gasteiger partial charge is 0.497 e. The van der Waals surface area contributed by atoms with Crippen molar-refractivity contribution >= 4 is 11.5 Å². The zero-order valence-corrected chi connectivity index (χ0v) is 36.8. The number of hydrogen-bond donors (Lipinski definition) is 1. The Morgan fingerprint density at radius 3 is 1.39 bits per heavy atom. The lowest BCUT2D eigenvalue weighted by Gasteiger charge is -2.07. The smallest absolute Gasteiger partial charge is 0.196 e. The van der Waals surface area contributed by atoms with E-state index < -0.39 is 0 Å². The minimum absolute atomic E-state index is 0.0863. The van der Waals surface area contributed by atoms with Gasteiger partial charge in [-0.15, -0.1) is 0 Å². The van der Waals surface area contributed by atoms with E-state index in [1.165, 1.54) is 6.92 Å². The van der Waals surface area contributed by atoms with Gasteiger partial charge in [0, 0.05) is 76.7 Å². The van der Waals surface area contributed by atoms with Crippen LogP contribution in [-0.4, -0.2) is 78.8 Å². The van der Waals surface area contributed by atoms with Crippen molar-refractivity contribution in [1.82, 2.24) is 39.9 Å². The Morgan fingerprint density at radius 1 is 0.541 bits per heavy atom. The number of nitrogens with two attached hydrogens (primary N) is 1. The van der Waals surface area contributed by atoms with Gasteiger partial charge in [-0.25, -0.2) is 25.8 Å². The van der Waals surface area contributed by atoms with Crippen molar-refractivity contribution in [2.45, 2.75) is 81.1 Å². The topological polar surface area (TPSA) is 195 Å². The van der Waals surface area contributed by atoms with Crippen LogP contribution in [-0.2, 0) is 22.5 Å². The van der Waals surface area contributed by atoms with Crippen molar-refractivity contribution in [2.75, 3.05) is 27.4 Å². The van der Waals surface area contributed by atoms with Gasteiger partial charge in [0.1, 0.15) is 23.8 Å². The highest BCUT2D eigenvalue weighted by Gasteiger charge is 2.09. The van der Waals surface area contributed by atoms with E-state index in [9.17, 15) is 4.79 Å². The van der Waals surface area contributed by atoms with Crippen LogP contribution in [0.4, 0.5) is 0 Å². The summed E-state index contributed by atoms with van der Waals surface area (Å²) in [6, 6.07) is 23.2. The number of hydrogen-bond acceptors (Lipinski definition) is 15. The summed E-state index contributed by atoms with van der Waals surface area (Å²) in [6.45, 7) is 15.8. The molecule has 0 atom stereocenters. The van der Waals surface area contributed by atoms with E-state index in [0.29, 0.717) is 30.6 Å². The zero-order chi connectivity index (χ0) is 44.3. The lowest BCUT2D eigenvalue weighted by Crippen LogP contribution is -2.06. The van der Waals surface area contributed by atoms with E-state index in [2.05, 4.69) is 44.9 Å². The fraction of sp³-hybridized carbons (Fsp3) is 0.348. The maximum atomic E-state index is 10.8. The van der Waals surface area contributed by atoms with Gasteiger partial charge in [0.25, 0.3) is 0 Å². The molecule has 0 spiro atoms. The number of nitrogens with zero attached hydrogens (tertiary/aromatic N) is 9. The molecule has 0 aliphatic carbocycles. The fourth-order valence-corrected chi connectivity index (χ4v) is 5.90. The second-order valence-electron chi connectivity index (χ2n) is 14.2. The predicted molar refractivity (Wildman–Crippen MR) is 235 cm³/mol. The van der Waals surface area contributed by atoms with Crippen LogP contribution in [0.2, 0.25) is 0 Å². The summed E-state index contributed by atoms with van der Waals surface area (Å²) in [6.07, 6.45) is 3.25. The van der Waals surface area contributed by atoms with Crippen molar-refractivity contribution < 1.29 is 23.9 Å². The Labute approximate surface area is 358 Å². The van der Waals surface area contributed by atoms with Crippen LogP contribution in [0.5, 0.6) is 11.5 Å². The summed E-state index contributed by atoms with van der Waals surface area (Å²) in [4.78, 5) is 56.0. The van der Waals surface area contributed by atoms with E-state index in [1.807, 2.05) is 121 Å².